The van der Waals surface area contributed by atoms with Crippen LogP contribution in [0.5, 0.6) is 0 Å². The second-order valence-electron chi connectivity index (χ2n) is 6.87. The van der Waals surface area contributed by atoms with E-state index in [1.54, 1.807) is 5.71 Å². The Bertz CT molecular complexity index is 294. The maximum absolute atomic E-state index is 2.49. The lowest BCUT2D eigenvalue weighted by Gasteiger charge is -2.26. The van der Waals surface area contributed by atoms with Gasteiger partial charge in [0.1, 0.15) is 0 Å². The van der Waals surface area contributed by atoms with E-state index in [4.69, 9.17) is 0 Å². The Labute approximate surface area is 101 Å². The number of rotatable bonds is 0. The van der Waals surface area contributed by atoms with Gasteiger partial charge in [-0.05, 0) is 25.3 Å². The van der Waals surface area contributed by atoms with Crippen LogP contribution in [0.2, 0.25) is 0 Å². The second kappa shape index (κ2) is 4.73. The molecule has 0 radical (unpaired) electrons. The molecule has 1 heteroatoms. The molecule has 0 aromatic rings. The second-order valence-corrected chi connectivity index (χ2v) is 6.87. The monoisotopic (exact) mass is 222 g/mol. The summed E-state index contributed by atoms with van der Waals surface area (Å²) in [5.41, 5.74) is 2.04. The van der Waals surface area contributed by atoms with Crippen LogP contribution in [0.15, 0.2) is 12.3 Å². The fourth-order valence-electron chi connectivity index (χ4n) is 2.31. The molecule has 0 fully saturated rings. The van der Waals surface area contributed by atoms with Crippen LogP contribution in [0.25, 0.3) is 0 Å². The van der Waals surface area contributed by atoms with E-state index in [0.29, 0.717) is 0 Å². The van der Waals surface area contributed by atoms with E-state index in [1.165, 1.54) is 25.7 Å². The number of hydrogen-bond donors (Lipinski definition) is 0. The van der Waals surface area contributed by atoms with E-state index in [9.17, 15) is 0 Å². The van der Waals surface area contributed by atoms with Gasteiger partial charge in [0.15, 0.2) is 17.5 Å². The van der Waals surface area contributed by atoms with Gasteiger partial charge in [0.05, 0.1) is 0 Å². The minimum absolute atomic E-state index is 0.191. The molecule has 0 saturated carbocycles. The van der Waals surface area contributed by atoms with Crippen molar-refractivity contribution in [2.24, 2.45) is 5.41 Å². The molecular formula is C15H28N+. The first-order valence-corrected chi connectivity index (χ1v) is 6.55. The number of nitrogens with zero attached hydrogens (tertiary/aromatic N) is 1. The highest BCUT2D eigenvalue weighted by molar-refractivity contribution is 5.85. The fraction of sp³-hybridized carbons (Fsp3) is 0.800. The van der Waals surface area contributed by atoms with Gasteiger partial charge in [0.2, 0.25) is 0 Å². The summed E-state index contributed by atoms with van der Waals surface area (Å²) in [5.74, 6) is 0. The van der Waals surface area contributed by atoms with Crippen LogP contribution in [-0.2, 0) is 0 Å². The minimum atomic E-state index is 0.191. The van der Waals surface area contributed by atoms with E-state index in [0.717, 1.165) is 0 Å². The maximum Gasteiger partial charge on any atom is 0.165 e. The highest BCUT2D eigenvalue weighted by Gasteiger charge is 2.33. The minimum Gasteiger partial charge on any atom is -0.202 e. The Morgan fingerprint density at radius 3 is 2.12 bits per heavy atom. The molecule has 1 nitrogen and oxygen atoms in total. The molecule has 0 spiro atoms. The van der Waals surface area contributed by atoms with Crippen LogP contribution in [0, 0.1) is 5.41 Å². The van der Waals surface area contributed by atoms with E-state index in [1.807, 2.05) is 0 Å². The van der Waals surface area contributed by atoms with Gasteiger partial charge in [-0.25, -0.2) is 4.58 Å². The average molecular weight is 222 g/mol. The van der Waals surface area contributed by atoms with Crippen molar-refractivity contribution >= 4 is 5.71 Å². The number of allylic oxidation sites excluding steroid dienone is 1. The van der Waals surface area contributed by atoms with Crippen LogP contribution >= 0.6 is 0 Å². The quantitative estimate of drug-likeness (QED) is 0.535. The smallest absolute Gasteiger partial charge is 0.165 e. The first kappa shape index (κ1) is 13.5. The Morgan fingerprint density at radius 1 is 1.00 bits per heavy atom. The molecule has 0 N–H and O–H groups in total. The standard InChI is InChI=1S/C15H28N/c1-14(2,3)13-11-9-7-8-10-12-16(13)15(4,5)6/h10,12H,7-9,11H2,1-6H3/q+1/b12-10-,16-13?. The molecule has 0 bridgehead atoms. The van der Waals surface area contributed by atoms with E-state index < -0.39 is 0 Å². The van der Waals surface area contributed by atoms with Crippen molar-refractivity contribution in [1.82, 2.24) is 0 Å². The van der Waals surface area contributed by atoms with Crippen molar-refractivity contribution in [3.63, 3.8) is 0 Å². The van der Waals surface area contributed by atoms with Crippen molar-refractivity contribution in [3.8, 4) is 0 Å². The zero-order valence-corrected chi connectivity index (χ0v) is 11.9. The van der Waals surface area contributed by atoms with Crippen LogP contribution in [0.1, 0.15) is 67.2 Å². The summed E-state index contributed by atoms with van der Waals surface area (Å²) in [7, 11) is 0. The van der Waals surface area contributed by atoms with E-state index in [-0.39, 0.29) is 11.0 Å². The normalized spacial score (nSPS) is 21.6. The van der Waals surface area contributed by atoms with Gasteiger partial charge in [0.25, 0.3) is 0 Å². The molecule has 92 valence electrons. The van der Waals surface area contributed by atoms with Crippen molar-refractivity contribution in [2.45, 2.75) is 72.8 Å². The predicted molar refractivity (Wildman–Crippen MR) is 72.1 cm³/mol. The lowest BCUT2D eigenvalue weighted by Crippen LogP contribution is -2.39. The van der Waals surface area contributed by atoms with Gasteiger partial charge in [-0.3, -0.25) is 0 Å². The summed E-state index contributed by atoms with van der Waals surface area (Å²) in [4.78, 5) is 0. The molecule has 0 amide bonds. The van der Waals surface area contributed by atoms with Crippen LogP contribution in [0.4, 0.5) is 0 Å². The molecule has 1 heterocycles. The molecule has 1 aliphatic heterocycles. The molecule has 0 aliphatic carbocycles. The summed E-state index contributed by atoms with van der Waals surface area (Å²) in [6.45, 7) is 13.9. The third-order valence-electron chi connectivity index (χ3n) is 3.17. The molecule has 0 saturated heterocycles. The van der Waals surface area contributed by atoms with Gasteiger partial charge >= 0.3 is 0 Å². The molecule has 0 unspecified atom stereocenters. The number of hydrogen-bond acceptors (Lipinski definition) is 0. The molecule has 16 heavy (non-hydrogen) atoms. The van der Waals surface area contributed by atoms with E-state index in [2.05, 4.69) is 58.4 Å². The maximum atomic E-state index is 2.49. The average Bonchev–Trinajstić information content (AvgIpc) is 1.96. The summed E-state index contributed by atoms with van der Waals surface area (Å²) < 4.78 is 2.49. The van der Waals surface area contributed by atoms with Gasteiger partial charge in [-0.1, -0.05) is 20.8 Å². The highest BCUT2D eigenvalue weighted by Crippen LogP contribution is 2.25. The zero-order valence-electron chi connectivity index (χ0n) is 11.9. The predicted octanol–water partition coefficient (Wildman–Crippen LogP) is 4.37. The molecule has 0 atom stereocenters. The Morgan fingerprint density at radius 2 is 1.62 bits per heavy atom. The van der Waals surface area contributed by atoms with Crippen molar-refractivity contribution in [3.05, 3.63) is 12.3 Å². The van der Waals surface area contributed by atoms with Crippen LogP contribution in [-0.4, -0.2) is 15.8 Å². The summed E-state index contributed by atoms with van der Waals surface area (Å²) in [5, 5.41) is 0. The Balaban J connectivity index is 3.24. The lowest BCUT2D eigenvalue weighted by molar-refractivity contribution is -0.539. The van der Waals surface area contributed by atoms with Crippen LogP contribution in [0.3, 0.4) is 0 Å². The van der Waals surface area contributed by atoms with Gasteiger partial charge < -0.3 is 0 Å². The molecule has 0 aromatic carbocycles. The summed E-state index contributed by atoms with van der Waals surface area (Å²) in [6, 6.07) is 0. The first-order valence-electron chi connectivity index (χ1n) is 6.55. The van der Waals surface area contributed by atoms with Crippen molar-refractivity contribution in [1.29, 1.82) is 0 Å². The van der Waals surface area contributed by atoms with Crippen molar-refractivity contribution < 1.29 is 4.58 Å². The summed E-state index contributed by atoms with van der Waals surface area (Å²) in [6.07, 6.45) is 9.75. The van der Waals surface area contributed by atoms with Gasteiger partial charge in [0, 0.05) is 32.6 Å². The van der Waals surface area contributed by atoms with Gasteiger partial charge in [-0.15, -0.1) is 0 Å². The molecule has 1 aliphatic rings. The molecule has 1 rings (SSSR count). The van der Waals surface area contributed by atoms with Gasteiger partial charge in [-0.2, -0.15) is 0 Å². The van der Waals surface area contributed by atoms with Crippen LogP contribution < -0.4 is 0 Å². The third-order valence-corrected chi connectivity index (χ3v) is 3.17. The Kier molecular flexibility index (Phi) is 3.98. The third kappa shape index (κ3) is 3.47. The fourth-order valence-corrected chi connectivity index (χ4v) is 2.31. The lowest BCUT2D eigenvalue weighted by atomic mass is 9.84. The van der Waals surface area contributed by atoms with E-state index >= 15 is 0 Å². The SMILES string of the molecule is CC(C)(C)C1=[N+](C(C)(C)C)/C=C\CCCC1. The largest absolute Gasteiger partial charge is 0.202 e. The molecular weight excluding hydrogens is 194 g/mol. The first-order chi connectivity index (χ1) is 7.23. The molecule has 0 aromatic heterocycles. The zero-order chi connectivity index (χ0) is 12.4. The topological polar surface area (TPSA) is 3.01 Å². The highest BCUT2D eigenvalue weighted by atomic mass is 15.1. The Hall–Kier alpha value is -0.590. The summed E-state index contributed by atoms with van der Waals surface area (Å²) >= 11 is 0. The van der Waals surface area contributed by atoms with Crippen molar-refractivity contribution in [2.75, 3.05) is 0 Å².